The predicted octanol–water partition coefficient (Wildman–Crippen LogP) is 1.45. The maximum Gasteiger partial charge on any atom is 0.337 e. The molecule has 0 radical (unpaired) electrons. The zero-order chi connectivity index (χ0) is 14.4. The van der Waals surface area contributed by atoms with E-state index in [4.69, 9.17) is 5.73 Å². The number of nitrogens with one attached hydrogen (secondary N) is 1. The lowest BCUT2D eigenvalue weighted by atomic mass is 10.1. The molecule has 6 heteroatoms. The molecule has 3 N–H and O–H groups in total. The van der Waals surface area contributed by atoms with Crippen molar-refractivity contribution in [3.8, 4) is 0 Å². The summed E-state index contributed by atoms with van der Waals surface area (Å²) < 4.78 is 18.0. The number of hydrogen-bond acceptors (Lipinski definition) is 4. The number of benzene rings is 1. The zero-order valence-electron chi connectivity index (χ0n) is 10.5. The monoisotopic (exact) mass is 266 g/mol. The number of esters is 1. The van der Waals surface area contributed by atoms with Crippen molar-refractivity contribution >= 4 is 17.6 Å². The molecule has 19 heavy (non-hydrogen) atoms. The second-order valence-corrected chi connectivity index (χ2v) is 3.81. The van der Waals surface area contributed by atoms with Crippen molar-refractivity contribution in [3.05, 3.63) is 42.2 Å². The summed E-state index contributed by atoms with van der Waals surface area (Å²) in [4.78, 5) is 22.9. The maximum absolute atomic E-state index is 13.5. The molecule has 1 aromatic rings. The van der Waals surface area contributed by atoms with E-state index in [1.807, 2.05) is 0 Å². The summed E-state index contributed by atoms with van der Waals surface area (Å²) in [5, 5.41) is 2.32. The third-order valence-corrected chi connectivity index (χ3v) is 2.40. The average molecular weight is 266 g/mol. The summed E-state index contributed by atoms with van der Waals surface area (Å²) in [5.41, 5.74) is 5.57. The lowest BCUT2D eigenvalue weighted by Crippen LogP contribution is -2.35. The summed E-state index contributed by atoms with van der Waals surface area (Å²) in [6, 6.07) is 2.71. The Morgan fingerprint density at radius 1 is 1.58 bits per heavy atom. The van der Waals surface area contributed by atoms with Gasteiger partial charge in [-0.2, -0.15) is 0 Å². The fourth-order valence-electron chi connectivity index (χ4n) is 1.38. The first-order valence-corrected chi connectivity index (χ1v) is 5.54. The minimum atomic E-state index is -0.821. The van der Waals surface area contributed by atoms with Crippen LogP contribution in [-0.4, -0.2) is 25.0 Å². The van der Waals surface area contributed by atoms with Crippen molar-refractivity contribution in [2.75, 3.05) is 12.4 Å². The predicted molar refractivity (Wildman–Crippen MR) is 69.2 cm³/mol. The summed E-state index contributed by atoms with van der Waals surface area (Å²) in [5.74, 6) is -1.83. The summed E-state index contributed by atoms with van der Waals surface area (Å²) in [7, 11) is 1.21. The number of ether oxygens (including phenoxy) is 1. The van der Waals surface area contributed by atoms with E-state index < -0.39 is 23.7 Å². The van der Waals surface area contributed by atoms with Crippen LogP contribution < -0.4 is 11.1 Å². The molecule has 0 aliphatic rings. The number of anilines is 1. The molecule has 0 aromatic heterocycles. The molecule has 0 spiro atoms. The van der Waals surface area contributed by atoms with Gasteiger partial charge in [0.15, 0.2) is 0 Å². The van der Waals surface area contributed by atoms with Crippen molar-refractivity contribution in [1.82, 2.24) is 0 Å². The van der Waals surface area contributed by atoms with Crippen molar-refractivity contribution in [2.45, 2.75) is 12.5 Å². The third-order valence-electron chi connectivity index (χ3n) is 2.40. The Kier molecular flexibility index (Phi) is 5.20. The topological polar surface area (TPSA) is 81.4 Å². The van der Waals surface area contributed by atoms with Crippen LogP contribution in [0.25, 0.3) is 0 Å². The van der Waals surface area contributed by atoms with Crippen LogP contribution in [0, 0.1) is 5.82 Å². The molecule has 102 valence electrons. The van der Waals surface area contributed by atoms with Gasteiger partial charge in [0.1, 0.15) is 5.82 Å². The molecule has 1 amide bonds. The minimum absolute atomic E-state index is 0.118. The molecular weight excluding hydrogens is 251 g/mol. The second kappa shape index (κ2) is 6.65. The molecule has 0 saturated carbocycles. The quantitative estimate of drug-likeness (QED) is 0.624. The van der Waals surface area contributed by atoms with E-state index in [0.717, 1.165) is 6.07 Å². The van der Waals surface area contributed by atoms with Crippen LogP contribution in [0.2, 0.25) is 0 Å². The Hall–Kier alpha value is -2.21. The van der Waals surface area contributed by atoms with Crippen molar-refractivity contribution in [1.29, 1.82) is 0 Å². The van der Waals surface area contributed by atoms with E-state index in [9.17, 15) is 14.0 Å². The molecule has 0 aliphatic carbocycles. The number of halogens is 1. The number of carbonyl (C=O) groups excluding carboxylic acids is 2. The van der Waals surface area contributed by atoms with Crippen LogP contribution in [0.3, 0.4) is 0 Å². The van der Waals surface area contributed by atoms with Gasteiger partial charge in [0, 0.05) is 0 Å². The molecule has 1 atom stereocenters. The fraction of sp³-hybridized carbons (Fsp3) is 0.231. The number of amides is 1. The van der Waals surface area contributed by atoms with E-state index in [-0.39, 0.29) is 17.7 Å². The van der Waals surface area contributed by atoms with Gasteiger partial charge in [-0.1, -0.05) is 6.08 Å². The van der Waals surface area contributed by atoms with Crippen molar-refractivity contribution in [2.24, 2.45) is 5.73 Å². The van der Waals surface area contributed by atoms with Crippen LogP contribution >= 0.6 is 0 Å². The van der Waals surface area contributed by atoms with Crippen LogP contribution in [0.4, 0.5) is 10.1 Å². The van der Waals surface area contributed by atoms with Crippen molar-refractivity contribution < 1.29 is 18.7 Å². The standard InChI is InChI=1S/C13H15FN2O3/c1-3-4-10(15)12(17)16-11-7-8(13(18)19-2)5-6-9(11)14/h3,5-7,10H,1,4,15H2,2H3,(H,16,17). The third kappa shape index (κ3) is 3.89. The summed E-state index contributed by atoms with van der Waals surface area (Å²) >= 11 is 0. The van der Waals surface area contributed by atoms with E-state index in [0.29, 0.717) is 0 Å². The van der Waals surface area contributed by atoms with Gasteiger partial charge in [0.2, 0.25) is 5.91 Å². The molecule has 0 bridgehead atoms. The molecular formula is C13H15FN2O3. The van der Waals surface area contributed by atoms with Crippen LogP contribution in [0.1, 0.15) is 16.8 Å². The van der Waals surface area contributed by atoms with Crippen molar-refractivity contribution in [3.63, 3.8) is 0 Å². The van der Waals surface area contributed by atoms with Gasteiger partial charge >= 0.3 is 5.97 Å². The van der Waals surface area contributed by atoms with Crippen LogP contribution in [0.15, 0.2) is 30.9 Å². The maximum atomic E-state index is 13.5. The first-order valence-electron chi connectivity index (χ1n) is 5.54. The number of nitrogens with two attached hydrogens (primary N) is 1. The van der Waals surface area contributed by atoms with Crippen LogP contribution in [0.5, 0.6) is 0 Å². The normalized spacial score (nSPS) is 11.5. The molecule has 0 fully saturated rings. The van der Waals surface area contributed by atoms with E-state index in [1.165, 1.54) is 25.3 Å². The highest BCUT2D eigenvalue weighted by atomic mass is 19.1. The first-order chi connectivity index (χ1) is 8.99. The first kappa shape index (κ1) is 14.8. The lowest BCUT2D eigenvalue weighted by molar-refractivity contribution is -0.117. The average Bonchev–Trinajstić information content (AvgIpc) is 2.40. The van der Waals surface area contributed by atoms with Gasteiger partial charge < -0.3 is 15.8 Å². The van der Waals surface area contributed by atoms with Gasteiger partial charge in [-0.25, -0.2) is 9.18 Å². The SMILES string of the molecule is C=CCC(N)C(=O)Nc1cc(C(=O)OC)ccc1F. The zero-order valence-corrected chi connectivity index (χ0v) is 10.5. The second-order valence-electron chi connectivity index (χ2n) is 3.81. The number of rotatable bonds is 5. The highest BCUT2D eigenvalue weighted by Gasteiger charge is 2.15. The molecule has 1 aromatic carbocycles. The summed E-state index contributed by atoms with van der Waals surface area (Å²) in [6.07, 6.45) is 1.76. The number of methoxy groups -OCH3 is 1. The van der Waals surface area contributed by atoms with Gasteiger partial charge in [0.25, 0.3) is 0 Å². The molecule has 0 aliphatic heterocycles. The smallest absolute Gasteiger partial charge is 0.337 e. The lowest BCUT2D eigenvalue weighted by Gasteiger charge is -2.11. The highest BCUT2D eigenvalue weighted by molar-refractivity contribution is 5.97. The fourth-order valence-corrected chi connectivity index (χ4v) is 1.38. The molecule has 0 heterocycles. The van der Waals surface area contributed by atoms with E-state index in [2.05, 4.69) is 16.6 Å². The molecule has 0 saturated heterocycles. The number of carbonyl (C=O) groups is 2. The Morgan fingerprint density at radius 3 is 2.84 bits per heavy atom. The molecule has 1 unspecified atom stereocenters. The Labute approximate surface area is 110 Å². The highest BCUT2D eigenvalue weighted by Crippen LogP contribution is 2.17. The van der Waals surface area contributed by atoms with Gasteiger partial charge in [-0.15, -0.1) is 6.58 Å². The summed E-state index contributed by atoms with van der Waals surface area (Å²) in [6.45, 7) is 3.46. The molecule has 5 nitrogen and oxygen atoms in total. The number of hydrogen-bond donors (Lipinski definition) is 2. The van der Waals surface area contributed by atoms with Crippen LogP contribution in [-0.2, 0) is 9.53 Å². The largest absolute Gasteiger partial charge is 0.465 e. The van der Waals surface area contributed by atoms with E-state index >= 15 is 0 Å². The van der Waals surface area contributed by atoms with Gasteiger partial charge in [-0.05, 0) is 24.6 Å². The van der Waals surface area contributed by atoms with E-state index in [1.54, 1.807) is 0 Å². The Bertz CT molecular complexity index is 503. The Balaban J connectivity index is 2.91. The minimum Gasteiger partial charge on any atom is -0.465 e. The Morgan fingerprint density at radius 2 is 2.26 bits per heavy atom. The molecule has 1 rings (SSSR count). The van der Waals surface area contributed by atoms with Gasteiger partial charge in [0.05, 0.1) is 24.4 Å². The van der Waals surface area contributed by atoms with Gasteiger partial charge in [-0.3, -0.25) is 4.79 Å².